The quantitative estimate of drug-likeness (QED) is 0.0612. The number of benzene rings is 1. The summed E-state index contributed by atoms with van der Waals surface area (Å²) in [7, 11) is 0. The Morgan fingerprint density at radius 1 is 0.568 bits per heavy atom. The summed E-state index contributed by atoms with van der Waals surface area (Å²) in [6.45, 7) is 12.8. The largest absolute Gasteiger partial charge is 0.426 e. The highest BCUT2D eigenvalue weighted by atomic mass is 16.6. The van der Waals surface area contributed by atoms with Crippen LogP contribution in [0, 0.1) is 17.8 Å². The highest BCUT2D eigenvalue weighted by Gasteiger charge is 2.22. The topological polar surface area (TPSA) is 96.0 Å². The van der Waals surface area contributed by atoms with Crippen molar-refractivity contribution in [2.24, 2.45) is 17.8 Å². The second kappa shape index (κ2) is 23.7. The molecular formula is C37H60O7. The molecule has 0 fully saturated rings. The average molecular weight is 617 g/mol. The first kappa shape index (κ1) is 39.3. The Labute approximate surface area is 267 Å². The fraction of sp³-hybridized carbons (Fsp3) is 0.730. The Morgan fingerprint density at radius 3 is 1.20 bits per heavy atom. The van der Waals surface area contributed by atoms with E-state index in [2.05, 4.69) is 41.5 Å². The van der Waals surface area contributed by atoms with Crippen LogP contribution in [0.5, 0.6) is 17.2 Å². The smallest absolute Gasteiger partial charge is 0.311 e. The van der Waals surface area contributed by atoms with Crippen molar-refractivity contribution in [3.63, 3.8) is 0 Å². The third-order valence-corrected chi connectivity index (χ3v) is 8.77. The SMILES string of the molecule is CCCCC(CC)CCC(=O)Oc1cc(OC(=O)CCC(CC)CCCC)c(C=O)c(OC(=O)CCC(CC)CCCC)c1. The molecule has 0 amide bonds. The van der Waals surface area contributed by atoms with Crippen LogP contribution in [0.25, 0.3) is 0 Å². The van der Waals surface area contributed by atoms with E-state index in [1.807, 2.05) is 0 Å². The van der Waals surface area contributed by atoms with Crippen LogP contribution in [0.3, 0.4) is 0 Å². The Kier molecular flexibility index (Phi) is 21.1. The van der Waals surface area contributed by atoms with Gasteiger partial charge in [-0.2, -0.15) is 0 Å². The van der Waals surface area contributed by atoms with Gasteiger partial charge < -0.3 is 14.2 Å². The Morgan fingerprint density at radius 2 is 0.909 bits per heavy atom. The van der Waals surface area contributed by atoms with Gasteiger partial charge in [0.25, 0.3) is 0 Å². The van der Waals surface area contributed by atoms with Crippen molar-refractivity contribution in [1.82, 2.24) is 0 Å². The van der Waals surface area contributed by atoms with Crippen molar-refractivity contribution in [1.29, 1.82) is 0 Å². The third-order valence-electron chi connectivity index (χ3n) is 8.77. The van der Waals surface area contributed by atoms with Crippen LogP contribution in [0.1, 0.15) is 167 Å². The molecule has 3 unspecified atom stereocenters. The van der Waals surface area contributed by atoms with Crippen LogP contribution >= 0.6 is 0 Å². The molecule has 0 saturated heterocycles. The summed E-state index contributed by atoms with van der Waals surface area (Å²) in [6, 6.07) is 2.75. The molecule has 7 nitrogen and oxygen atoms in total. The van der Waals surface area contributed by atoms with Crippen LogP contribution in [0.2, 0.25) is 0 Å². The molecule has 250 valence electrons. The highest BCUT2D eigenvalue weighted by Crippen LogP contribution is 2.35. The average Bonchev–Trinajstić information content (AvgIpc) is 3.01. The fourth-order valence-electron chi connectivity index (χ4n) is 5.55. The number of esters is 3. The van der Waals surface area contributed by atoms with E-state index >= 15 is 0 Å². The molecule has 0 radical (unpaired) electrons. The number of hydrogen-bond donors (Lipinski definition) is 0. The lowest BCUT2D eigenvalue weighted by molar-refractivity contribution is -0.135. The zero-order chi connectivity index (χ0) is 32.7. The molecule has 3 atom stereocenters. The van der Waals surface area contributed by atoms with Gasteiger partial charge in [0, 0.05) is 31.4 Å². The molecule has 0 spiro atoms. The first-order chi connectivity index (χ1) is 21.2. The lowest BCUT2D eigenvalue weighted by Gasteiger charge is -2.17. The van der Waals surface area contributed by atoms with Gasteiger partial charge in [0.05, 0.1) is 0 Å². The Bertz CT molecular complexity index is 931. The summed E-state index contributed by atoms with van der Waals surface area (Å²) < 4.78 is 16.9. The minimum atomic E-state index is -0.479. The summed E-state index contributed by atoms with van der Waals surface area (Å²) in [5.74, 6) is -0.142. The van der Waals surface area contributed by atoms with Gasteiger partial charge in [-0.05, 0) is 37.0 Å². The van der Waals surface area contributed by atoms with Crippen LogP contribution < -0.4 is 14.2 Å². The monoisotopic (exact) mass is 616 g/mol. The first-order valence-corrected chi connectivity index (χ1v) is 17.5. The van der Waals surface area contributed by atoms with E-state index in [4.69, 9.17) is 14.2 Å². The zero-order valence-electron chi connectivity index (χ0n) is 28.5. The second-order valence-electron chi connectivity index (χ2n) is 12.2. The van der Waals surface area contributed by atoms with Crippen LogP contribution in [0.15, 0.2) is 12.1 Å². The predicted molar refractivity (Wildman–Crippen MR) is 176 cm³/mol. The zero-order valence-corrected chi connectivity index (χ0v) is 28.5. The van der Waals surface area contributed by atoms with Crippen LogP contribution in [0.4, 0.5) is 0 Å². The molecule has 0 aromatic heterocycles. The van der Waals surface area contributed by atoms with Crippen molar-refractivity contribution >= 4 is 24.2 Å². The van der Waals surface area contributed by atoms with Gasteiger partial charge in [-0.15, -0.1) is 0 Å². The molecule has 44 heavy (non-hydrogen) atoms. The Balaban J connectivity index is 3.14. The summed E-state index contributed by atoms with van der Waals surface area (Å²) in [6.07, 6.45) is 16.1. The van der Waals surface area contributed by atoms with E-state index in [0.717, 1.165) is 83.5 Å². The van der Waals surface area contributed by atoms with Gasteiger partial charge in [-0.1, -0.05) is 119 Å². The lowest BCUT2D eigenvalue weighted by atomic mass is 9.94. The molecule has 0 N–H and O–H groups in total. The molecule has 1 rings (SSSR count). The maximum atomic E-state index is 12.9. The molecule has 0 heterocycles. The summed E-state index contributed by atoms with van der Waals surface area (Å²) in [5, 5.41) is 0. The van der Waals surface area contributed by atoms with E-state index in [9.17, 15) is 19.2 Å². The maximum absolute atomic E-state index is 12.9. The lowest BCUT2D eigenvalue weighted by Crippen LogP contribution is -2.15. The van der Waals surface area contributed by atoms with Gasteiger partial charge >= 0.3 is 17.9 Å². The van der Waals surface area contributed by atoms with E-state index < -0.39 is 17.9 Å². The molecule has 0 aliphatic heterocycles. The van der Waals surface area contributed by atoms with Crippen molar-refractivity contribution in [2.45, 2.75) is 157 Å². The molecular weight excluding hydrogens is 556 g/mol. The van der Waals surface area contributed by atoms with Crippen LogP contribution in [-0.2, 0) is 14.4 Å². The minimum Gasteiger partial charge on any atom is -0.426 e. The van der Waals surface area contributed by atoms with Gasteiger partial charge in [0.15, 0.2) is 6.29 Å². The first-order valence-electron chi connectivity index (χ1n) is 17.5. The number of aldehydes is 1. The standard InChI is InChI=1S/C37H60O7/c1-7-13-16-28(10-4)19-22-35(39)42-31-25-33(43-36(40)23-20-29(11-5)17-14-8-2)32(27-38)34(26-31)44-37(41)24-21-30(12-6)18-15-9-3/h25-30H,7-24H2,1-6H3. The number of ether oxygens (including phenoxy) is 3. The third kappa shape index (κ3) is 15.9. The molecule has 0 bridgehead atoms. The number of rotatable bonds is 25. The summed E-state index contributed by atoms with van der Waals surface area (Å²) in [5.41, 5.74) is -0.0480. The second-order valence-corrected chi connectivity index (χ2v) is 12.2. The highest BCUT2D eigenvalue weighted by molar-refractivity contribution is 5.89. The normalized spacial score (nSPS) is 13.1. The van der Waals surface area contributed by atoms with E-state index in [1.165, 1.54) is 12.1 Å². The summed E-state index contributed by atoms with van der Waals surface area (Å²) >= 11 is 0. The fourth-order valence-corrected chi connectivity index (χ4v) is 5.55. The summed E-state index contributed by atoms with van der Waals surface area (Å²) in [4.78, 5) is 50.8. The molecule has 0 saturated carbocycles. The molecule has 0 aliphatic carbocycles. The minimum absolute atomic E-state index is 0.0480. The number of unbranched alkanes of at least 4 members (excludes halogenated alkanes) is 3. The maximum Gasteiger partial charge on any atom is 0.311 e. The van der Waals surface area contributed by atoms with E-state index in [1.54, 1.807) is 0 Å². The van der Waals surface area contributed by atoms with Crippen LogP contribution in [-0.4, -0.2) is 24.2 Å². The van der Waals surface area contributed by atoms with E-state index in [-0.39, 0.29) is 42.1 Å². The number of hydrogen-bond acceptors (Lipinski definition) is 7. The van der Waals surface area contributed by atoms with Crippen molar-refractivity contribution in [3.8, 4) is 17.2 Å². The molecule has 1 aromatic carbocycles. The van der Waals surface area contributed by atoms with Crippen molar-refractivity contribution in [2.75, 3.05) is 0 Å². The Hall–Kier alpha value is -2.70. The number of carbonyl (C=O) groups excluding carboxylic acids is 4. The molecule has 0 aliphatic rings. The molecule has 1 aromatic rings. The van der Waals surface area contributed by atoms with Gasteiger partial charge in [0.2, 0.25) is 0 Å². The predicted octanol–water partition coefficient (Wildman–Crippen LogP) is 10.2. The number of carbonyl (C=O) groups is 4. The van der Waals surface area contributed by atoms with E-state index in [0.29, 0.717) is 36.9 Å². The van der Waals surface area contributed by atoms with Gasteiger partial charge in [-0.25, -0.2) is 0 Å². The van der Waals surface area contributed by atoms with Gasteiger partial charge in [0.1, 0.15) is 22.8 Å². The van der Waals surface area contributed by atoms with Crippen molar-refractivity contribution in [3.05, 3.63) is 17.7 Å². The molecule has 7 heteroatoms. The van der Waals surface area contributed by atoms with Crippen molar-refractivity contribution < 1.29 is 33.4 Å². The van der Waals surface area contributed by atoms with Gasteiger partial charge in [-0.3, -0.25) is 19.2 Å².